The summed E-state index contributed by atoms with van der Waals surface area (Å²) in [6, 6.07) is 150. The third-order valence-corrected chi connectivity index (χ3v) is 28.3. The van der Waals surface area contributed by atoms with E-state index in [1.165, 1.54) is 197 Å². The second-order valence-corrected chi connectivity index (χ2v) is 38.4. The van der Waals surface area contributed by atoms with Crippen LogP contribution in [0.5, 0.6) is 0 Å². The largest absolute Gasteiger partial charge is 0.310 e. The predicted octanol–water partition coefficient (Wildman–Crippen LogP) is 37.2. The summed E-state index contributed by atoms with van der Waals surface area (Å²) in [5, 5.41) is 19.9. The van der Waals surface area contributed by atoms with Gasteiger partial charge < -0.3 is 28.4 Å². The highest BCUT2D eigenvalue weighted by Gasteiger charge is 2.28. The highest BCUT2D eigenvalue weighted by molar-refractivity contribution is 6.29. The zero-order valence-corrected chi connectivity index (χ0v) is 78.1. The molecule has 20 aromatic carbocycles. The second kappa shape index (κ2) is 33.3. The van der Waals surface area contributed by atoms with E-state index in [-0.39, 0.29) is 0 Å². The summed E-state index contributed by atoms with van der Waals surface area (Å²) in [6.07, 6.45) is 0. The first-order chi connectivity index (χ1) is 65.3. The zero-order chi connectivity index (χ0) is 91.0. The monoisotopic (exact) mass is 1730 g/mol. The van der Waals surface area contributed by atoms with Gasteiger partial charge in [0.15, 0.2) is 0 Å². The van der Waals surface area contributed by atoms with Crippen LogP contribution in [0.4, 0.5) is 68.2 Å². The van der Waals surface area contributed by atoms with Crippen LogP contribution >= 0.6 is 0 Å². The van der Waals surface area contributed by atoms with Gasteiger partial charge in [-0.05, 0) is 367 Å². The van der Waals surface area contributed by atoms with E-state index in [1.54, 1.807) is 0 Å². The van der Waals surface area contributed by atoms with Crippen LogP contribution in [-0.4, -0.2) is 8.80 Å². The van der Waals surface area contributed by atoms with E-state index in [1.807, 2.05) is 0 Å². The number of hydrogen-bond acceptors (Lipinski definition) is 4. The Morgan fingerprint density at radius 3 is 0.679 bits per heavy atom. The average molecular weight is 1730 g/mol. The molecule has 0 atom stereocenters. The van der Waals surface area contributed by atoms with Gasteiger partial charge in [-0.15, -0.1) is 0 Å². The molecule has 0 amide bonds. The Balaban J connectivity index is 0.000000152. The zero-order valence-electron chi connectivity index (χ0n) is 78.1. The highest BCUT2D eigenvalue weighted by Crippen LogP contribution is 2.51. The predicted molar refractivity (Wildman–Crippen MR) is 577 cm³/mol. The molecule has 0 N–H and O–H groups in total. The van der Waals surface area contributed by atoms with Crippen molar-refractivity contribution in [3.8, 4) is 22.3 Å². The summed E-state index contributed by atoms with van der Waals surface area (Å²) < 4.78 is 5.10. The molecule has 4 aromatic heterocycles. The van der Waals surface area contributed by atoms with Gasteiger partial charge in [-0.1, -0.05) is 250 Å². The van der Waals surface area contributed by atoms with Gasteiger partial charge in [0.2, 0.25) is 0 Å². The minimum absolute atomic E-state index is 0.463. The maximum Gasteiger partial charge on any atom is 0.0620 e. The van der Waals surface area contributed by atoms with Crippen molar-refractivity contribution in [1.82, 2.24) is 8.80 Å². The van der Waals surface area contributed by atoms with Gasteiger partial charge in [0.25, 0.3) is 0 Å². The molecule has 0 aliphatic rings. The van der Waals surface area contributed by atoms with E-state index in [9.17, 15) is 0 Å². The molecule has 0 aliphatic heterocycles. The molecule has 24 aromatic rings. The molecule has 0 radical (unpaired) electrons. The van der Waals surface area contributed by atoms with E-state index in [4.69, 9.17) is 0 Å². The number of rotatable bonds is 18. The van der Waals surface area contributed by atoms with Gasteiger partial charge in [0.05, 0.1) is 33.1 Å². The Hall–Kier alpha value is -15.8. The molecule has 648 valence electrons. The Morgan fingerprint density at radius 2 is 0.418 bits per heavy atom. The van der Waals surface area contributed by atoms with Gasteiger partial charge in [-0.3, -0.25) is 0 Å². The molecule has 24 rings (SSSR count). The normalized spacial score (nSPS) is 12.0. The fraction of sp³-hybridized carbons (Fsp3) is 0.125. The Bertz CT molecular complexity index is 8070. The van der Waals surface area contributed by atoms with E-state index < -0.39 is 0 Å². The van der Waals surface area contributed by atoms with E-state index in [2.05, 4.69) is 512 Å². The Kier molecular flexibility index (Phi) is 20.5. The summed E-state index contributed by atoms with van der Waals surface area (Å²) >= 11 is 0. The molecule has 0 aliphatic carbocycles. The molecule has 0 fully saturated rings. The van der Waals surface area contributed by atoms with Crippen LogP contribution in [0.3, 0.4) is 0 Å². The minimum atomic E-state index is 0.463. The summed E-state index contributed by atoms with van der Waals surface area (Å²) in [6.45, 7) is 26.8. The van der Waals surface area contributed by atoms with Crippen molar-refractivity contribution in [2.45, 2.75) is 107 Å². The standard InChI is InChI=1S/C68H61N3.C60H45N3/c1-42(2)46-14-24-56(25-15-46)69(57-26-16-47(17-27-57)43(3)4)60-32-22-51-36-62-64-38-55(50-12-10-9-11-13-50)39-65-63-37-52-23-33-61(35-54(52)41-67(63)71(68(64)65)66(62)40-53(51)34-60)70(58-28-18-48(19-29-58)44(5)6)59-30-20-49(21-31-59)45(7)8;1-38-20-22-40(3)56(28-38)61(48-16-10-6-11-17-48)50-26-24-43-32-52-54-34-47(42-14-8-5-9-15-42)35-55-53-33-44-25-27-51(31-46(44)37-59(53)63(60(54)55)58(52)36-45(43)30-50)62(49-18-12-7-13-19-49)57-29-39(2)21-23-41(57)4/h9-45H,1-8H3;5-37H,1-4H3. The first-order valence-corrected chi connectivity index (χ1v) is 47.6. The molecule has 0 saturated heterocycles. The fourth-order valence-electron chi connectivity index (χ4n) is 21.0. The number of aromatic nitrogens is 2. The van der Waals surface area contributed by atoms with Crippen LogP contribution in [0.2, 0.25) is 0 Å². The molecule has 4 heterocycles. The van der Waals surface area contributed by atoms with Gasteiger partial charge in [-0.25, -0.2) is 0 Å². The number of anilines is 12. The van der Waals surface area contributed by atoms with Crippen LogP contribution in [0, 0.1) is 27.7 Å². The lowest BCUT2D eigenvalue weighted by Gasteiger charge is -2.27. The van der Waals surface area contributed by atoms with E-state index in [0.29, 0.717) is 23.7 Å². The van der Waals surface area contributed by atoms with Crippen molar-refractivity contribution in [3.05, 3.63) is 445 Å². The van der Waals surface area contributed by atoms with Gasteiger partial charge >= 0.3 is 0 Å². The lowest BCUT2D eigenvalue weighted by molar-refractivity contribution is 0.866. The number of hydrogen-bond donors (Lipinski definition) is 0. The minimum Gasteiger partial charge on any atom is -0.310 e. The third kappa shape index (κ3) is 14.5. The van der Waals surface area contributed by atoms with Crippen LogP contribution in [0.25, 0.3) is 142 Å². The number of para-hydroxylation sites is 2. The summed E-state index contributed by atoms with van der Waals surface area (Å²) in [5.74, 6) is 1.85. The quantitative estimate of drug-likeness (QED) is 0.0853. The molecular formula is C128H106N6. The molecular weight excluding hydrogens is 1620 g/mol. The lowest BCUT2D eigenvalue weighted by Crippen LogP contribution is -2.11. The van der Waals surface area contributed by atoms with Gasteiger partial charge in [0, 0.05) is 111 Å². The molecule has 134 heavy (non-hydrogen) atoms. The van der Waals surface area contributed by atoms with Crippen LogP contribution in [0.15, 0.2) is 400 Å². The van der Waals surface area contributed by atoms with Crippen molar-refractivity contribution in [3.63, 3.8) is 0 Å². The van der Waals surface area contributed by atoms with Crippen molar-refractivity contribution < 1.29 is 0 Å². The van der Waals surface area contributed by atoms with Crippen molar-refractivity contribution in [1.29, 1.82) is 0 Å². The van der Waals surface area contributed by atoms with Crippen molar-refractivity contribution in [2.75, 3.05) is 19.6 Å². The molecule has 0 unspecified atom stereocenters. The van der Waals surface area contributed by atoms with E-state index >= 15 is 0 Å². The van der Waals surface area contributed by atoms with Crippen LogP contribution in [-0.2, 0) is 0 Å². The fourth-order valence-corrected chi connectivity index (χ4v) is 21.0. The third-order valence-electron chi connectivity index (χ3n) is 28.3. The summed E-state index contributed by atoms with van der Waals surface area (Å²) in [7, 11) is 0. The van der Waals surface area contributed by atoms with Crippen molar-refractivity contribution in [2.24, 2.45) is 0 Å². The van der Waals surface area contributed by atoms with Gasteiger partial charge in [0.1, 0.15) is 0 Å². The average Bonchev–Trinajstić information content (AvgIpc) is 1.53. The SMILES string of the molecule is CC(C)c1ccc(N(c2ccc(C(C)C)cc2)c2ccc3cc4c5cc(-c6ccccc6)cc6c7cc8ccc(N(c9ccc(C(C)C)cc9)c9ccc(C(C)C)cc9)cc8cc7n(c4cc3c2)c56)cc1.Cc1ccc(C)c(N(c2ccccc2)c2ccc3cc4c5cc(-c6ccccc6)cc6c7cc8ccc(N(c9ccccc9)c9cc(C)ccc9C)cc8cc7n(c4cc3c2)c56)c1. The Morgan fingerprint density at radius 1 is 0.179 bits per heavy atom. The topological polar surface area (TPSA) is 21.8 Å². The first-order valence-electron chi connectivity index (χ1n) is 47.6. The van der Waals surface area contributed by atoms with Crippen LogP contribution < -0.4 is 19.6 Å². The van der Waals surface area contributed by atoms with Gasteiger partial charge in [-0.2, -0.15) is 0 Å². The smallest absolute Gasteiger partial charge is 0.0620 e. The lowest BCUT2D eigenvalue weighted by atomic mass is 9.97. The maximum absolute atomic E-state index is 2.56. The number of fused-ring (bicyclic) bond motifs is 16. The van der Waals surface area contributed by atoms with E-state index in [0.717, 1.165) is 56.9 Å². The first kappa shape index (κ1) is 82.6. The molecule has 6 nitrogen and oxygen atoms in total. The highest BCUT2D eigenvalue weighted by atomic mass is 15.2. The Labute approximate surface area is 784 Å². The molecule has 0 spiro atoms. The van der Waals surface area contributed by atoms with Crippen LogP contribution in [0.1, 0.15) is 124 Å². The number of nitrogens with zero attached hydrogens (tertiary/aromatic N) is 6. The number of benzene rings is 20. The maximum atomic E-state index is 2.56. The summed E-state index contributed by atoms with van der Waals surface area (Å²) in [5.41, 5.74) is 36.4. The summed E-state index contributed by atoms with van der Waals surface area (Å²) in [4.78, 5) is 9.63. The number of aryl methyl sites for hydroxylation is 4. The molecule has 6 heteroatoms. The molecule has 0 saturated carbocycles. The molecule has 0 bridgehead atoms. The van der Waals surface area contributed by atoms with Crippen molar-refractivity contribution >= 4 is 188 Å². The second-order valence-electron chi connectivity index (χ2n) is 38.4.